The van der Waals surface area contributed by atoms with Gasteiger partial charge in [0.25, 0.3) is 5.91 Å². The SMILES string of the molecule is Cc1cccc(C(=O)NCCC2CCCNC2)c1F.Cl. The molecule has 5 heteroatoms. The summed E-state index contributed by atoms with van der Waals surface area (Å²) in [7, 11) is 0. The van der Waals surface area contributed by atoms with Crippen LogP contribution in [0.4, 0.5) is 4.39 Å². The lowest BCUT2D eigenvalue weighted by molar-refractivity contribution is 0.0946. The number of carbonyl (C=O) groups is 1. The van der Waals surface area contributed by atoms with Gasteiger partial charge in [0.1, 0.15) is 5.82 Å². The molecule has 112 valence electrons. The average molecular weight is 301 g/mol. The minimum Gasteiger partial charge on any atom is -0.352 e. The van der Waals surface area contributed by atoms with Gasteiger partial charge in [-0.2, -0.15) is 0 Å². The summed E-state index contributed by atoms with van der Waals surface area (Å²) in [4.78, 5) is 11.9. The number of nitrogens with one attached hydrogen (secondary N) is 2. The largest absolute Gasteiger partial charge is 0.352 e. The number of carbonyl (C=O) groups excluding carboxylic acids is 1. The fourth-order valence-electron chi connectivity index (χ4n) is 2.48. The number of hydrogen-bond donors (Lipinski definition) is 2. The van der Waals surface area contributed by atoms with E-state index in [0.717, 1.165) is 19.5 Å². The Morgan fingerprint density at radius 2 is 2.30 bits per heavy atom. The average Bonchev–Trinajstić information content (AvgIpc) is 2.43. The molecule has 0 spiro atoms. The topological polar surface area (TPSA) is 41.1 Å². The van der Waals surface area contributed by atoms with Crippen molar-refractivity contribution >= 4 is 18.3 Å². The molecule has 0 aromatic heterocycles. The molecule has 0 saturated carbocycles. The van der Waals surface area contributed by atoms with Crippen molar-refractivity contribution < 1.29 is 9.18 Å². The molecule has 1 atom stereocenters. The van der Waals surface area contributed by atoms with E-state index in [4.69, 9.17) is 0 Å². The number of rotatable bonds is 4. The van der Waals surface area contributed by atoms with Gasteiger partial charge in [-0.25, -0.2) is 4.39 Å². The maximum Gasteiger partial charge on any atom is 0.254 e. The number of amides is 1. The van der Waals surface area contributed by atoms with Gasteiger partial charge < -0.3 is 10.6 Å². The molecule has 1 aliphatic heterocycles. The van der Waals surface area contributed by atoms with Gasteiger partial charge in [0.15, 0.2) is 0 Å². The molecular weight excluding hydrogens is 279 g/mol. The fourth-order valence-corrected chi connectivity index (χ4v) is 2.48. The Labute approximate surface area is 125 Å². The minimum absolute atomic E-state index is 0. The van der Waals surface area contributed by atoms with E-state index in [9.17, 15) is 9.18 Å². The number of halogens is 2. The van der Waals surface area contributed by atoms with Gasteiger partial charge in [0.05, 0.1) is 5.56 Å². The molecule has 20 heavy (non-hydrogen) atoms. The van der Waals surface area contributed by atoms with Crippen LogP contribution in [-0.2, 0) is 0 Å². The zero-order valence-corrected chi connectivity index (χ0v) is 12.6. The van der Waals surface area contributed by atoms with E-state index in [1.54, 1.807) is 19.1 Å². The number of piperidine rings is 1. The molecule has 1 aliphatic rings. The molecule has 0 radical (unpaired) electrons. The van der Waals surface area contributed by atoms with Gasteiger partial charge in [-0.1, -0.05) is 12.1 Å². The zero-order valence-electron chi connectivity index (χ0n) is 11.7. The van der Waals surface area contributed by atoms with Gasteiger partial charge >= 0.3 is 0 Å². The monoisotopic (exact) mass is 300 g/mol. The molecule has 1 unspecified atom stereocenters. The molecule has 3 nitrogen and oxygen atoms in total. The number of aryl methyl sites for hydroxylation is 1. The molecule has 1 amide bonds. The first-order valence-electron chi connectivity index (χ1n) is 6.92. The van der Waals surface area contributed by atoms with Crippen molar-refractivity contribution in [3.8, 4) is 0 Å². The van der Waals surface area contributed by atoms with Crippen LogP contribution in [0.3, 0.4) is 0 Å². The standard InChI is InChI=1S/C15H21FN2O.ClH/c1-11-4-2-6-13(14(11)16)15(19)18-9-7-12-5-3-8-17-10-12;/h2,4,6,12,17H,3,5,7-10H2,1H3,(H,18,19);1H. The lowest BCUT2D eigenvalue weighted by atomic mass is 9.96. The molecule has 0 bridgehead atoms. The van der Waals surface area contributed by atoms with Gasteiger partial charge in [0, 0.05) is 6.54 Å². The predicted molar refractivity (Wildman–Crippen MR) is 80.9 cm³/mol. The summed E-state index contributed by atoms with van der Waals surface area (Å²) in [5.74, 6) is -0.110. The van der Waals surface area contributed by atoms with Gasteiger partial charge in [-0.05, 0) is 56.8 Å². The highest BCUT2D eigenvalue weighted by atomic mass is 35.5. The molecule has 0 aliphatic carbocycles. The van der Waals surface area contributed by atoms with Gasteiger partial charge in [-0.3, -0.25) is 4.79 Å². The number of hydrogen-bond acceptors (Lipinski definition) is 2. The maximum atomic E-state index is 13.8. The first-order chi connectivity index (χ1) is 9.18. The van der Waals surface area contributed by atoms with E-state index < -0.39 is 5.82 Å². The second-order valence-electron chi connectivity index (χ2n) is 5.19. The number of benzene rings is 1. The maximum absolute atomic E-state index is 13.8. The van der Waals surface area contributed by atoms with E-state index in [2.05, 4.69) is 10.6 Å². The quantitative estimate of drug-likeness (QED) is 0.897. The lowest BCUT2D eigenvalue weighted by Crippen LogP contribution is -2.33. The van der Waals surface area contributed by atoms with Crippen molar-refractivity contribution in [2.24, 2.45) is 5.92 Å². The van der Waals surface area contributed by atoms with Crippen LogP contribution in [0, 0.1) is 18.7 Å². The van der Waals surface area contributed by atoms with Crippen LogP contribution < -0.4 is 10.6 Å². The van der Waals surface area contributed by atoms with Crippen molar-refractivity contribution in [2.45, 2.75) is 26.2 Å². The molecular formula is C15H22ClFN2O. The Morgan fingerprint density at radius 3 is 3.00 bits per heavy atom. The van der Waals surface area contributed by atoms with Crippen LogP contribution in [0.2, 0.25) is 0 Å². The van der Waals surface area contributed by atoms with Crippen LogP contribution in [0.1, 0.15) is 35.2 Å². The molecule has 2 N–H and O–H groups in total. The molecule has 1 heterocycles. The molecule has 2 rings (SSSR count). The van der Waals surface area contributed by atoms with Crippen molar-refractivity contribution in [3.63, 3.8) is 0 Å². The Kier molecular flexibility index (Phi) is 6.96. The Morgan fingerprint density at radius 1 is 1.50 bits per heavy atom. The van der Waals surface area contributed by atoms with E-state index >= 15 is 0 Å². The summed E-state index contributed by atoms with van der Waals surface area (Å²) in [5, 5.41) is 6.16. The second-order valence-corrected chi connectivity index (χ2v) is 5.19. The van der Waals surface area contributed by atoms with Crippen molar-refractivity contribution in [1.82, 2.24) is 10.6 Å². The molecule has 1 saturated heterocycles. The third-order valence-electron chi connectivity index (χ3n) is 3.67. The van der Waals surface area contributed by atoms with Crippen LogP contribution >= 0.6 is 12.4 Å². The smallest absolute Gasteiger partial charge is 0.254 e. The minimum atomic E-state index is -0.417. The third kappa shape index (κ3) is 4.46. The van der Waals surface area contributed by atoms with E-state index in [-0.39, 0.29) is 23.9 Å². The zero-order chi connectivity index (χ0) is 13.7. The fraction of sp³-hybridized carbons (Fsp3) is 0.533. The summed E-state index contributed by atoms with van der Waals surface area (Å²) in [6, 6.07) is 4.90. The highest BCUT2D eigenvalue weighted by Gasteiger charge is 2.15. The van der Waals surface area contributed by atoms with Crippen molar-refractivity contribution in [2.75, 3.05) is 19.6 Å². The molecule has 1 aromatic rings. The van der Waals surface area contributed by atoms with Crippen LogP contribution in [0.25, 0.3) is 0 Å². The van der Waals surface area contributed by atoms with Crippen LogP contribution in [0.15, 0.2) is 18.2 Å². The van der Waals surface area contributed by atoms with E-state index in [1.165, 1.54) is 18.9 Å². The van der Waals surface area contributed by atoms with Crippen molar-refractivity contribution in [1.29, 1.82) is 0 Å². The first-order valence-corrected chi connectivity index (χ1v) is 6.92. The van der Waals surface area contributed by atoms with Crippen LogP contribution in [0.5, 0.6) is 0 Å². The summed E-state index contributed by atoms with van der Waals surface area (Å²) in [6.45, 7) is 4.39. The summed E-state index contributed by atoms with van der Waals surface area (Å²) >= 11 is 0. The highest BCUT2D eigenvalue weighted by Crippen LogP contribution is 2.14. The van der Waals surface area contributed by atoms with Crippen LogP contribution in [-0.4, -0.2) is 25.5 Å². The van der Waals surface area contributed by atoms with E-state index in [0.29, 0.717) is 18.0 Å². The Bertz CT molecular complexity index is 447. The third-order valence-corrected chi connectivity index (χ3v) is 3.67. The summed E-state index contributed by atoms with van der Waals surface area (Å²) in [5.41, 5.74) is 0.644. The van der Waals surface area contributed by atoms with E-state index in [1.807, 2.05) is 0 Å². The van der Waals surface area contributed by atoms with Crippen molar-refractivity contribution in [3.05, 3.63) is 35.1 Å². The first kappa shape index (κ1) is 16.9. The lowest BCUT2D eigenvalue weighted by Gasteiger charge is -2.22. The Balaban J connectivity index is 0.00000200. The Hall–Kier alpha value is -1.13. The predicted octanol–water partition coefficient (Wildman–Crippen LogP) is 2.68. The van der Waals surface area contributed by atoms with Gasteiger partial charge in [0.2, 0.25) is 0 Å². The molecule has 1 aromatic carbocycles. The second kappa shape index (κ2) is 8.22. The molecule has 1 fully saturated rings. The normalized spacial score (nSPS) is 18.2. The summed E-state index contributed by atoms with van der Waals surface area (Å²) < 4.78 is 13.8. The summed E-state index contributed by atoms with van der Waals surface area (Å²) in [6.07, 6.45) is 3.36. The highest BCUT2D eigenvalue weighted by molar-refractivity contribution is 5.94. The van der Waals surface area contributed by atoms with Gasteiger partial charge in [-0.15, -0.1) is 12.4 Å².